The number of carbonyl (C=O) groups is 1. The van der Waals surface area contributed by atoms with Gasteiger partial charge in [0.1, 0.15) is 5.82 Å². The molecule has 5 nitrogen and oxygen atoms in total. The summed E-state index contributed by atoms with van der Waals surface area (Å²) < 4.78 is 23.9. The van der Waals surface area contributed by atoms with Gasteiger partial charge in [0.2, 0.25) is 0 Å². The quantitative estimate of drug-likeness (QED) is 0.770. The topological polar surface area (TPSA) is 59.6 Å². The molecule has 25 heavy (non-hydrogen) atoms. The Bertz CT molecular complexity index is 740. The summed E-state index contributed by atoms with van der Waals surface area (Å²) in [6, 6.07) is 9.26. The molecule has 7 heteroatoms. The Kier molecular flexibility index (Phi) is 6.89. The van der Waals surface area contributed by atoms with Crippen LogP contribution in [0.2, 0.25) is 5.02 Å². The number of hydrogen-bond donors (Lipinski definition) is 2. The van der Waals surface area contributed by atoms with Crippen LogP contribution in [0, 0.1) is 5.82 Å². The number of urea groups is 1. The third-order valence-electron chi connectivity index (χ3n) is 3.40. The number of halogens is 2. The minimum absolute atomic E-state index is 0.0423. The van der Waals surface area contributed by atoms with Crippen LogP contribution in [0.5, 0.6) is 11.5 Å². The average Bonchev–Trinajstić information content (AvgIpc) is 2.59. The Balaban J connectivity index is 1.85. The zero-order chi connectivity index (χ0) is 18.2. The smallest absolute Gasteiger partial charge is 0.319 e. The lowest BCUT2D eigenvalue weighted by atomic mass is 10.1. The van der Waals surface area contributed by atoms with Gasteiger partial charge in [-0.3, -0.25) is 0 Å². The molecule has 0 unspecified atom stereocenters. The van der Waals surface area contributed by atoms with Gasteiger partial charge in [0.05, 0.1) is 18.7 Å². The zero-order valence-electron chi connectivity index (χ0n) is 14.1. The van der Waals surface area contributed by atoms with Crippen molar-refractivity contribution < 1.29 is 18.7 Å². The second-order valence-electron chi connectivity index (χ2n) is 5.18. The largest absolute Gasteiger partial charge is 0.493 e. The normalized spacial score (nSPS) is 10.2. The first-order valence-corrected chi connectivity index (χ1v) is 8.21. The number of methoxy groups -OCH3 is 1. The Hall–Kier alpha value is -2.47. The molecule has 2 amide bonds. The van der Waals surface area contributed by atoms with Gasteiger partial charge in [-0.25, -0.2) is 9.18 Å². The van der Waals surface area contributed by atoms with E-state index in [9.17, 15) is 9.18 Å². The van der Waals surface area contributed by atoms with Crippen molar-refractivity contribution in [2.24, 2.45) is 0 Å². The molecule has 0 spiro atoms. The maximum absolute atomic E-state index is 13.1. The molecule has 0 atom stereocenters. The lowest BCUT2D eigenvalue weighted by Crippen LogP contribution is -2.30. The summed E-state index contributed by atoms with van der Waals surface area (Å²) in [7, 11) is 1.58. The van der Waals surface area contributed by atoms with Crippen molar-refractivity contribution in [2.75, 3.05) is 25.6 Å². The first-order valence-electron chi connectivity index (χ1n) is 7.83. The molecule has 0 heterocycles. The summed E-state index contributed by atoms with van der Waals surface area (Å²) >= 11 is 5.68. The second kappa shape index (κ2) is 9.13. The van der Waals surface area contributed by atoms with E-state index in [2.05, 4.69) is 10.6 Å². The highest BCUT2D eigenvalue weighted by Gasteiger charge is 2.07. The van der Waals surface area contributed by atoms with Gasteiger partial charge in [0.25, 0.3) is 0 Å². The molecular weight excluding hydrogens is 347 g/mol. The fourth-order valence-corrected chi connectivity index (χ4v) is 2.39. The minimum Gasteiger partial charge on any atom is -0.493 e. The van der Waals surface area contributed by atoms with Crippen LogP contribution < -0.4 is 20.1 Å². The highest BCUT2D eigenvalue weighted by molar-refractivity contribution is 6.31. The number of nitrogens with one attached hydrogen (secondary N) is 2. The van der Waals surface area contributed by atoms with Crippen molar-refractivity contribution in [3.05, 3.63) is 52.8 Å². The van der Waals surface area contributed by atoms with E-state index in [1.165, 1.54) is 18.2 Å². The number of rotatable bonds is 7. The first kappa shape index (κ1) is 18.9. The van der Waals surface area contributed by atoms with E-state index in [0.717, 1.165) is 5.56 Å². The highest BCUT2D eigenvalue weighted by atomic mass is 35.5. The van der Waals surface area contributed by atoms with E-state index >= 15 is 0 Å². The molecular formula is C18H20ClFN2O3. The molecule has 0 aliphatic rings. The number of benzene rings is 2. The highest BCUT2D eigenvalue weighted by Crippen LogP contribution is 2.28. The molecule has 2 aromatic carbocycles. The number of amides is 2. The van der Waals surface area contributed by atoms with Gasteiger partial charge >= 0.3 is 6.03 Å². The molecule has 2 rings (SSSR count). The van der Waals surface area contributed by atoms with Crippen LogP contribution in [0.25, 0.3) is 0 Å². The van der Waals surface area contributed by atoms with Crippen LogP contribution >= 0.6 is 11.6 Å². The maximum atomic E-state index is 13.1. The van der Waals surface area contributed by atoms with Crippen molar-refractivity contribution in [1.29, 1.82) is 0 Å². The predicted octanol–water partition coefficient (Wildman–Crippen LogP) is 4.25. The third-order valence-corrected chi connectivity index (χ3v) is 3.69. The first-order chi connectivity index (χ1) is 12.0. The Labute approximate surface area is 151 Å². The molecule has 0 aliphatic carbocycles. The van der Waals surface area contributed by atoms with Crippen molar-refractivity contribution in [2.45, 2.75) is 13.3 Å². The van der Waals surface area contributed by atoms with Crippen molar-refractivity contribution >= 4 is 23.3 Å². The van der Waals surface area contributed by atoms with Gasteiger partial charge in [-0.2, -0.15) is 0 Å². The number of ether oxygens (including phenoxy) is 2. The predicted molar refractivity (Wildman–Crippen MR) is 96.3 cm³/mol. The van der Waals surface area contributed by atoms with Crippen molar-refractivity contribution in [3.63, 3.8) is 0 Å². The Morgan fingerprint density at radius 3 is 2.68 bits per heavy atom. The van der Waals surface area contributed by atoms with Crippen LogP contribution in [-0.2, 0) is 6.42 Å². The monoisotopic (exact) mass is 366 g/mol. The summed E-state index contributed by atoms with van der Waals surface area (Å²) in [6.07, 6.45) is 0.625. The SMILES string of the molecule is CCOc1ccc(CCNC(=O)Nc2ccc(F)c(Cl)c2)cc1OC. The van der Waals surface area contributed by atoms with Crippen LogP contribution in [0.1, 0.15) is 12.5 Å². The van der Waals surface area contributed by atoms with E-state index in [-0.39, 0.29) is 11.1 Å². The molecule has 0 saturated heterocycles. The molecule has 0 aliphatic heterocycles. The van der Waals surface area contributed by atoms with E-state index in [4.69, 9.17) is 21.1 Å². The number of anilines is 1. The third kappa shape index (κ3) is 5.53. The lowest BCUT2D eigenvalue weighted by Gasteiger charge is -2.12. The van der Waals surface area contributed by atoms with Crippen LogP contribution in [0.3, 0.4) is 0 Å². The Morgan fingerprint density at radius 1 is 1.20 bits per heavy atom. The van der Waals surface area contributed by atoms with E-state index < -0.39 is 5.82 Å². The number of hydrogen-bond acceptors (Lipinski definition) is 3. The molecule has 0 aromatic heterocycles. The molecule has 0 radical (unpaired) electrons. The summed E-state index contributed by atoms with van der Waals surface area (Å²) in [4.78, 5) is 11.9. The summed E-state index contributed by atoms with van der Waals surface area (Å²) in [5.74, 6) is 0.814. The maximum Gasteiger partial charge on any atom is 0.319 e. The second-order valence-corrected chi connectivity index (χ2v) is 5.59. The van der Waals surface area contributed by atoms with Crippen LogP contribution in [0.4, 0.5) is 14.9 Å². The molecule has 0 fully saturated rings. The fraction of sp³-hybridized carbons (Fsp3) is 0.278. The summed E-state index contributed by atoms with van der Waals surface area (Å²) in [5, 5.41) is 5.29. The fourth-order valence-electron chi connectivity index (χ4n) is 2.21. The van der Waals surface area contributed by atoms with E-state index in [0.29, 0.717) is 36.8 Å². The standard InChI is InChI=1S/C18H20ClFN2O3/c1-3-25-16-7-4-12(10-17(16)24-2)8-9-21-18(23)22-13-5-6-15(20)14(19)11-13/h4-7,10-11H,3,8-9H2,1-2H3,(H2,21,22,23). The zero-order valence-corrected chi connectivity index (χ0v) is 14.8. The average molecular weight is 367 g/mol. The Morgan fingerprint density at radius 2 is 2.00 bits per heavy atom. The molecule has 134 valence electrons. The van der Waals surface area contributed by atoms with Crippen molar-refractivity contribution in [3.8, 4) is 11.5 Å². The summed E-state index contributed by atoms with van der Waals surface area (Å²) in [6.45, 7) is 2.90. The van der Waals surface area contributed by atoms with Crippen LogP contribution in [0.15, 0.2) is 36.4 Å². The molecule has 0 saturated carbocycles. The van der Waals surface area contributed by atoms with Gasteiger partial charge < -0.3 is 20.1 Å². The molecule has 0 bridgehead atoms. The van der Waals surface area contributed by atoms with Gasteiger partial charge in [0.15, 0.2) is 11.5 Å². The van der Waals surface area contributed by atoms with E-state index in [1.807, 2.05) is 25.1 Å². The van der Waals surface area contributed by atoms with Gasteiger partial charge in [-0.05, 0) is 49.2 Å². The molecule has 2 N–H and O–H groups in total. The lowest BCUT2D eigenvalue weighted by molar-refractivity contribution is 0.252. The number of carbonyl (C=O) groups excluding carboxylic acids is 1. The van der Waals surface area contributed by atoms with Crippen LogP contribution in [-0.4, -0.2) is 26.3 Å². The summed E-state index contributed by atoms with van der Waals surface area (Å²) in [5.41, 5.74) is 1.43. The van der Waals surface area contributed by atoms with Gasteiger partial charge in [-0.1, -0.05) is 17.7 Å². The van der Waals surface area contributed by atoms with E-state index in [1.54, 1.807) is 7.11 Å². The molecule has 2 aromatic rings. The van der Waals surface area contributed by atoms with Crippen molar-refractivity contribution in [1.82, 2.24) is 5.32 Å². The van der Waals surface area contributed by atoms with Gasteiger partial charge in [0, 0.05) is 12.2 Å². The van der Waals surface area contributed by atoms with Gasteiger partial charge in [-0.15, -0.1) is 0 Å². The minimum atomic E-state index is -0.530.